The molecule has 2 N–H and O–H groups in total. The Hall–Kier alpha value is -4.04. The van der Waals surface area contributed by atoms with Gasteiger partial charge in [0.2, 0.25) is 5.91 Å². The van der Waals surface area contributed by atoms with Gasteiger partial charge < -0.3 is 20.1 Å². The van der Waals surface area contributed by atoms with Crippen molar-refractivity contribution in [2.45, 2.75) is 25.9 Å². The van der Waals surface area contributed by atoms with Crippen molar-refractivity contribution in [3.8, 4) is 5.82 Å². The van der Waals surface area contributed by atoms with Crippen LogP contribution in [0, 0.1) is 13.8 Å². The molecule has 1 aliphatic heterocycles. The number of hydrogen-bond acceptors (Lipinski definition) is 4. The van der Waals surface area contributed by atoms with Gasteiger partial charge >= 0.3 is 0 Å². The molecule has 3 aromatic heterocycles. The minimum atomic E-state index is -0.220. The number of nitrogens with one attached hydrogen (secondary N) is 2. The third-order valence-corrected chi connectivity index (χ3v) is 6.59. The molecule has 0 spiro atoms. The molecule has 4 aromatic rings. The van der Waals surface area contributed by atoms with E-state index in [1.54, 1.807) is 12.4 Å². The van der Waals surface area contributed by atoms with Gasteiger partial charge in [0.05, 0.1) is 17.8 Å². The first-order chi connectivity index (χ1) is 17.0. The average molecular weight is 483 g/mol. The van der Waals surface area contributed by atoms with Crippen molar-refractivity contribution < 1.29 is 4.79 Å². The van der Waals surface area contributed by atoms with Gasteiger partial charge in [0, 0.05) is 29.5 Å². The van der Waals surface area contributed by atoms with Crippen LogP contribution in [0.3, 0.4) is 0 Å². The van der Waals surface area contributed by atoms with E-state index in [0.717, 1.165) is 34.2 Å². The fourth-order valence-corrected chi connectivity index (χ4v) is 5.02. The molecular weight excluding hydrogens is 456 g/mol. The summed E-state index contributed by atoms with van der Waals surface area (Å²) in [7, 11) is 0. The monoisotopic (exact) mass is 482 g/mol. The zero-order chi connectivity index (χ0) is 24.4. The van der Waals surface area contributed by atoms with Gasteiger partial charge in [-0.2, -0.15) is 0 Å². The second kappa shape index (κ2) is 9.68. The van der Waals surface area contributed by atoms with Gasteiger partial charge in [0.25, 0.3) is 0 Å². The Kier molecular flexibility index (Phi) is 6.29. The number of pyridine rings is 2. The third kappa shape index (κ3) is 4.52. The lowest BCUT2D eigenvalue weighted by Crippen LogP contribution is -2.37. The summed E-state index contributed by atoms with van der Waals surface area (Å²) in [6.45, 7) is 4.26. The normalized spacial score (nSPS) is 17.3. The average Bonchev–Trinajstić information content (AvgIpc) is 3.35. The van der Waals surface area contributed by atoms with E-state index in [0.29, 0.717) is 5.11 Å². The van der Waals surface area contributed by atoms with E-state index in [4.69, 9.17) is 12.2 Å². The Bertz CT molecular complexity index is 1340. The number of carbonyl (C=O) groups is 1. The van der Waals surface area contributed by atoms with Crippen LogP contribution in [0.5, 0.6) is 0 Å². The van der Waals surface area contributed by atoms with Crippen LogP contribution in [0.4, 0.5) is 5.69 Å². The smallest absolute Gasteiger partial charge is 0.244 e. The van der Waals surface area contributed by atoms with Crippen molar-refractivity contribution in [2.24, 2.45) is 0 Å². The minimum absolute atomic E-state index is 0.113. The zero-order valence-corrected chi connectivity index (χ0v) is 20.4. The Morgan fingerprint density at radius 2 is 1.71 bits per heavy atom. The predicted octanol–water partition coefficient (Wildman–Crippen LogP) is 4.50. The molecule has 1 saturated heterocycles. The molecule has 0 saturated carbocycles. The Labute approximate surface area is 209 Å². The van der Waals surface area contributed by atoms with E-state index in [1.165, 1.54) is 0 Å². The lowest BCUT2D eigenvalue weighted by Gasteiger charge is -2.27. The molecular formula is C27H26N6OS. The minimum Gasteiger partial charge on any atom is -0.352 e. The summed E-state index contributed by atoms with van der Waals surface area (Å²) < 4.78 is 2.13. The maximum absolute atomic E-state index is 13.0. The van der Waals surface area contributed by atoms with E-state index in [9.17, 15) is 4.79 Å². The summed E-state index contributed by atoms with van der Waals surface area (Å²) in [4.78, 5) is 24.1. The quantitative estimate of drug-likeness (QED) is 0.394. The number of nitrogens with zero attached hydrogens (tertiary/aromatic N) is 4. The van der Waals surface area contributed by atoms with E-state index < -0.39 is 0 Å². The van der Waals surface area contributed by atoms with Crippen LogP contribution in [0.1, 0.15) is 34.7 Å². The molecule has 7 nitrogen and oxygen atoms in total. The van der Waals surface area contributed by atoms with Crippen molar-refractivity contribution in [3.63, 3.8) is 0 Å². The highest BCUT2D eigenvalue weighted by molar-refractivity contribution is 7.80. The lowest BCUT2D eigenvalue weighted by molar-refractivity contribution is -0.116. The SMILES string of the molecule is Cc1cc([C@@H]2[C@@H](c3ccccn3)NC(=S)N2CC(=O)Nc2ccccc2)c(C)n1-c1ccccn1. The standard InChI is InChI=1S/C27H26N6OS/c1-18-16-21(19(2)33(18)23-13-7-9-15-29-23)26-25(22-12-6-8-14-28-22)31-27(35)32(26)17-24(34)30-20-10-4-3-5-11-20/h3-16,25-26H,17H2,1-2H3,(H,30,34)(H,31,35)/t25-,26-/m1/s1. The summed E-state index contributed by atoms with van der Waals surface area (Å²) in [6.07, 6.45) is 3.57. The summed E-state index contributed by atoms with van der Waals surface area (Å²) >= 11 is 5.74. The fraction of sp³-hybridized carbons (Fsp3) is 0.185. The van der Waals surface area contributed by atoms with Crippen LogP contribution >= 0.6 is 12.2 Å². The zero-order valence-electron chi connectivity index (χ0n) is 19.6. The second-order valence-electron chi connectivity index (χ2n) is 8.52. The number of hydrogen-bond donors (Lipinski definition) is 2. The molecule has 1 amide bonds. The van der Waals surface area contributed by atoms with Gasteiger partial charge in [0.15, 0.2) is 5.11 Å². The molecule has 2 atom stereocenters. The lowest BCUT2D eigenvalue weighted by atomic mass is 9.96. The Morgan fingerprint density at radius 1 is 1.00 bits per heavy atom. The molecule has 8 heteroatoms. The van der Waals surface area contributed by atoms with Crippen LogP contribution in [-0.4, -0.2) is 37.0 Å². The van der Waals surface area contributed by atoms with Gasteiger partial charge in [-0.05, 0) is 74.1 Å². The van der Waals surface area contributed by atoms with E-state index in [-0.39, 0.29) is 24.5 Å². The molecule has 1 aliphatic rings. The first-order valence-electron chi connectivity index (χ1n) is 11.5. The summed E-state index contributed by atoms with van der Waals surface area (Å²) in [5, 5.41) is 6.92. The third-order valence-electron chi connectivity index (χ3n) is 6.24. The number of rotatable bonds is 6. The number of benzene rings is 1. The van der Waals surface area contributed by atoms with Crippen LogP contribution in [0.15, 0.2) is 85.2 Å². The highest BCUT2D eigenvalue weighted by Crippen LogP contribution is 2.41. The van der Waals surface area contributed by atoms with Gasteiger partial charge in [0.1, 0.15) is 12.4 Å². The largest absolute Gasteiger partial charge is 0.352 e. The van der Waals surface area contributed by atoms with E-state index >= 15 is 0 Å². The number of para-hydroxylation sites is 1. The first kappa shape index (κ1) is 22.7. The molecule has 1 fully saturated rings. The van der Waals surface area contributed by atoms with Crippen molar-refractivity contribution >= 4 is 28.9 Å². The highest BCUT2D eigenvalue weighted by atomic mass is 32.1. The van der Waals surface area contributed by atoms with Crippen molar-refractivity contribution in [3.05, 3.63) is 108 Å². The van der Waals surface area contributed by atoms with E-state index in [2.05, 4.69) is 45.1 Å². The van der Waals surface area contributed by atoms with Gasteiger partial charge in [-0.15, -0.1) is 0 Å². The van der Waals surface area contributed by atoms with Crippen molar-refractivity contribution in [2.75, 3.05) is 11.9 Å². The molecule has 0 aliphatic carbocycles. The van der Waals surface area contributed by atoms with Crippen LogP contribution in [-0.2, 0) is 4.79 Å². The van der Waals surface area contributed by atoms with Gasteiger partial charge in [-0.3, -0.25) is 9.78 Å². The summed E-state index contributed by atoms with van der Waals surface area (Å²) in [5.74, 6) is 0.718. The number of anilines is 1. The Morgan fingerprint density at radius 3 is 2.40 bits per heavy atom. The first-order valence-corrected chi connectivity index (χ1v) is 11.9. The summed E-state index contributed by atoms with van der Waals surface area (Å²) in [6, 6.07) is 22.9. The molecule has 176 valence electrons. The van der Waals surface area contributed by atoms with Crippen molar-refractivity contribution in [1.82, 2.24) is 24.8 Å². The van der Waals surface area contributed by atoms with Gasteiger partial charge in [-0.25, -0.2) is 4.98 Å². The molecule has 0 unspecified atom stereocenters. The second-order valence-corrected chi connectivity index (χ2v) is 8.91. The fourth-order valence-electron chi connectivity index (χ4n) is 4.72. The van der Waals surface area contributed by atoms with Crippen LogP contribution in [0.2, 0.25) is 0 Å². The number of amides is 1. The summed E-state index contributed by atoms with van der Waals surface area (Å²) in [5.41, 5.74) is 4.80. The molecule has 0 bridgehead atoms. The molecule has 35 heavy (non-hydrogen) atoms. The molecule has 0 radical (unpaired) electrons. The number of aromatic nitrogens is 3. The number of aryl methyl sites for hydroxylation is 1. The molecule has 1 aromatic carbocycles. The maximum Gasteiger partial charge on any atom is 0.244 e. The molecule has 4 heterocycles. The Balaban J connectivity index is 1.53. The topological polar surface area (TPSA) is 75.1 Å². The van der Waals surface area contributed by atoms with E-state index in [1.807, 2.05) is 71.6 Å². The number of carbonyl (C=O) groups excluding carboxylic acids is 1. The highest BCUT2D eigenvalue weighted by Gasteiger charge is 2.42. The number of thiocarbonyl (C=S) groups is 1. The maximum atomic E-state index is 13.0. The van der Waals surface area contributed by atoms with Crippen LogP contribution in [0.25, 0.3) is 5.82 Å². The van der Waals surface area contributed by atoms with Gasteiger partial charge in [-0.1, -0.05) is 30.3 Å². The molecule has 5 rings (SSSR count). The predicted molar refractivity (Wildman–Crippen MR) is 140 cm³/mol. The van der Waals surface area contributed by atoms with Crippen LogP contribution < -0.4 is 10.6 Å². The van der Waals surface area contributed by atoms with Crippen molar-refractivity contribution in [1.29, 1.82) is 0 Å².